The quantitative estimate of drug-likeness (QED) is 0.608. The first-order valence-electron chi connectivity index (χ1n) is 8.20. The van der Waals surface area contributed by atoms with Crippen LogP contribution in [0.25, 0.3) is 0 Å². The monoisotopic (exact) mass is 352 g/mol. The SMILES string of the molecule is CN=C(NCC1(O)CCSC1)N1CCN(C(=O)c2ccco2)CC1. The molecule has 0 bridgehead atoms. The maximum Gasteiger partial charge on any atom is 0.289 e. The predicted molar refractivity (Wildman–Crippen MR) is 94.4 cm³/mol. The number of carbonyl (C=O) groups excluding carboxylic acids is 1. The molecule has 3 heterocycles. The van der Waals surface area contributed by atoms with E-state index in [1.165, 1.54) is 6.26 Å². The van der Waals surface area contributed by atoms with Gasteiger partial charge >= 0.3 is 0 Å². The molecule has 0 aliphatic carbocycles. The van der Waals surface area contributed by atoms with Crippen LogP contribution in [0, 0.1) is 0 Å². The third-order valence-corrected chi connectivity index (χ3v) is 5.70. The molecule has 1 aromatic rings. The minimum atomic E-state index is -0.641. The van der Waals surface area contributed by atoms with Gasteiger partial charge < -0.3 is 24.6 Å². The van der Waals surface area contributed by atoms with Gasteiger partial charge in [-0.3, -0.25) is 9.79 Å². The lowest BCUT2D eigenvalue weighted by Crippen LogP contribution is -2.55. The molecule has 0 saturated carbocycles. The van der Waals surface area contributed by atoms with Crippen molar-refractivity contribution in [3.8, 4) is 0 Å². The van der Waals surface area contributed by atoms with Crippen LogP contribution in [-0.2, 0) is 0 Å². The van der Waals surface area contributed by atoms with Gasteiger partial charge in [0, 0.05) is 45.5 Å². The number of carbonyl (C=O) groups is 1. The molecule has 2 fully saturated rings. The number of thioether (sulfide) groups is 1. The summed E-state index contributed by atoms with van der Waals surface area (Å²) in [5, 5.41) is 13.7. The van der Waals surface area contributed by atoms with E-state index < -0.39 is 5.60 Å². The Morgan fingerprint density at radius 3 is 2.75 bits per heavy atom. The first kappa shape index (κ1) is 17.2. The first-order chi connectivity index (χ1) is 11.6. The van der Waals surface area contributed by atoms with Crippen molar-refractivity contribution in [2.75, 3.05) is 51.3 Å². The third-order valence-electron chi connectivity index (χ3n) is 4.47. The van der Waals surface area contributed by atoms with Gasteiger partial charge in [-0.25, -0.2) is 0 Å². The summed E-state index contributed by atoms with van der Waals surface area (Å²) in [6.45, 7) is 3.18. The van der Waals surface area contributed by atoms with Crippen LogP contribution >= 0.6 is 11.8 Å². The minimum absolute atomic E-state index is 0.0695. The molecule has 0 spiro atoms. The van der Waals surface area contributed by atoms with Crippen molar-refractivity contribution < 1.29 is 14.3 Å². The van der Waals surface area contributed by atoms with Gasteiger partial charge in [0.05, 0.1) is 11.9 Å². The van der Waals surface area contributed by atoms with E-state index in [-0.39, 0.29) is 5.91 Å². The van der Waals surface area contributed by atoms with Crippen molar-refractivity contribution >= 4 is 23.6 Å². The number of amides is 1. The number of piperazine rings is 1. The summed E-state index contributed by atoms with van der Waals surface area (Å²) in [7, 11) is 1.75. The second-order valence-electron chi connectivity index (χ2n) is 6.18. The lowest BCUT2D eigenvalue weighted by molar-refractivity contribution is 0.0645. The number of rotatable bonds is 3. The van der Waals surface area contributed by atoms with Gasteiger partial charge in [0.1, 0.15) is 0 Å². The topological polar surface area (TPSA) is 81.3 Å². The largest absolute Gasteiger partial charge is 0.459 e. The lowest BCUT2D eigenvalue weighted by Gasteiger charge is -2.37. The molecule has 2 aliphatic rings. The average Bonchev–Trinajstić information content (AvgIpc) is 3.27. The molecule has 2 N–H and O–H groups in total. The Morgan fingerprint density at radius 1 is 1.42 bits per heavy atom. The van der Waals surface area contributed by atoms with Gasteiger partial charge in [0.2, 0.25) is 0 Å². The van der Waals surface area contributed by atoms with E-state index in [0.29, 0.717) is 38.5 Å². The Morgan fingerprint density at radius 2 is 2.17 bits per heavy atom. The number of aliphatic hydroxyl groups is 1. The number of furan rings is 1. The van der Waals surface area contributed by atoms with E-state index >= 15 is 0 Å². The van der Waals surface area contributed by atoms with Crippen LogP contribution in [0.3, 0.4) is 0 Å². The summed E-state index contributed by atoms with van der Waals surface area (Å²) >= 11 is 1.78. The van der Waals surface area contributed by atoms with Crippen LogP contribution in [-0.4, -0.2) is 83.7 Å². The number of guanidine groups is 1. The zero-order chi connectivity index (χ0) is 17.0. The summed E-state index contributed by atoms with van der Waals surface area (Å²) < 4.78 is 5.18. The summed E-state index contributed by atoms with van der Waals surface area (Å²) in [6, 6.07) is 3.41. The van der Waals surface area contributed by atoms with E-state index in [0.717, 1.165) is 23.9 Å². The van der Waals surface area contributed by atoms with Crippen molar-refractivity contribution in [3.63, 3.8) is 0 Å². The molecule has 132 valence electrons. The van der Waals surface area contributed by atoms with Crippen molar-refractivity contribution in [2.24, 2.45) is 4.99 Å². The second-order valence-corrected chi connectivity index (χ2v) is 7.29. The molecular formula is C16H24N4O3S. The van der Waals surface area contributed by atoms with Gasteiger partial charge in [-0.2, -0.15) is 11.8 Å². The van der Waals surface area contributed by atoms with Gasteiger partial charge in [-0.1, -0.05) is 0 Å². The van der Waals surface area contributed by atoms with Gasteiger partial charge in [-0.05, 0) is 24.3 Å². The lowest BCUT2D eigenvalue weighted by atomic mass is 10.0. The van der Waals surface area contributed by atoms with Crippen LogP contribution in [0.2, 0.25) is 0 Å². The fourth-order valence-corrected chi connectivity index (χ4v) is 4.28. The van der Waals surface area contributed by atoms with E-state index in [4.69, 9.17) is 4.42 Å². The molecule has 8 heteroatoms. The van der Waals surface area contributed by atoms with Crippen molar-refractivity contribution in [3.05, 3.63) is 24.2 Å². The van der Waals surface area contributed by atoms with Crippen molar-refractivity contribution in [1.82, 2.24) is 15.1 Å². The van der Waals surface area contributed by atoms with Crippen LogP contribution in [0.5, 0.6) is 0 Å². The molecule has 2 aliphatic heterocycles. The number of hydrogen-bond donors (Lipinski definition) is 2. The summed E-state index contributed by atoms with van der Waals surface area (Å²) in [6.07, 6.45) is 2.33. The van der Waals surface area contributed by atoms with Crippen LogP contribution in [0.4, 0.5) is 0 Å². The zero-order valence-corrected chi connectivity index (χ0v) is 14.7. The molecule has 1 unspecified atom stereocenters. The molecule has 1 aromatic heterocycles. The van der Waals surface area contributed by atoms with Gasteiger partial charge in [0.15, 0.2) is 11.7 Å². The maximum atomic E-state index is 12.3. The fraction of sp³-hybridized carbons (Fsp3) is 0.625. The molecule has 7 nitrogen and oxygen atoms in total. The third kappa shape index (κ3) is 3.87. The smallest absolute Gasteiger partial charge is 0.289 e. The highest BCUT2D eigenvalue weighted by Gasteiger charge is 2.32. The number of nitrogens with zero attached hydrogens (tertiary/aromatic N) is 3. The summed E-state index contributed by atoms with van der Waals surface area (Å²) in [4.78, 5) is 20.5. The Hall–Kier alpha value is -1.67. The van der Waals surface area contributed by atoms with E-state index in [2.05, 4.69) is 15.2 Å². The van der Waals surface area contributed by atoms with Gasteiger partial charge in [-0.15, -0.1) is 0 Å². The molecule has 0 radical (unpaired) electrons. The molecule has 1 amide bonds. The highest BCUT2D eigenvalue weighted by Crippen LogP contribution is 2.27. The molecular weight excluding hydrogens is 328 g/mol. The maximum absolute atomic E-state index is 12.3. The number of aliphatic imine (C=N–C) groups is 1. The zero-order valence-electron chi connectivity index (χ0n) is 13.9. The highest BCUT2D eigenvalue weighted by atomic mass is 32.2. The Balaban J connectivity index is 1.50. The molecule has 3 rings (SSSR count). The van der Waals surface area contributed by atoms with Crippen LogP contribution in [0.1, 0.15) is 17.0 Å². The van der Waals surface area contributed by atoms with Crippen LogP contribution in [0.15, 0.2) is 27.8 Å². The summed E-state index contributed by atoms with van der Waals surface area (Å²) in [5.41, 5.74) is -0.641. The average molecular weight is 352 g/mol. The van der Waals surface area contributed by atoms with E-state index in [1.807, 2.05) is 0 Å². The Kier molecular flexibility index (Phi) is 5.35. The van der Waals surface area contributed by atoms with Crippen molar-refractivity contribution in [2.45, 2.75) is 12.0 Å². The fourth-order valence-electron chi connectivity index (χ4n) is 2.99. The Bertz CT molecular complexity index is 576. The normalized spacial score (nSPS) is 25.2. The molecule has 2 saturated heterocycles. The van der Waals surface area contributed by atoms with E-state index in [9.17, 15) is 9.90 Å². The summed E-state index contributed by atoms with van der Waals surface area (Å²) in [5.74, 6) is 2.87. The van der Waals surface area contributed by atoms with Gasteiger partial charge in [0.25, 0.3) is 5.91 Å². The Labute approximate surface area is 146 Å². The minimum Gasteiger partial charge on any atom is -0.459 e. The second kappa shape index (κ2) is 7.48. The highest BCUT2D eigenvalue weighted by molar-refractivity contribution is 7.99. The number of nitrogens with one attached hydrogen (secondary N) is 1. The van der Waals surface area contributed by atoms with Crippen LogP contribution < -0.4 is 5.32 Å². The first-order valence-corrected chi connectivity index (χ1v) is 9.35. The van der Waals surface area contributed by atoms with Crippen molar-refractivity contribution in [1.29, 1.82) is 0 Å². The van der Waals surface area contributed by atoms with E-state index in [1.54, 1.807) is 35.8 Å². The molecule has 0 aromatic carbocycles. The predicted octanol–water partition coefficient (Wildman–Crippen LogP) is 0.481. The number of hydrogen-bond acceptors (Lipinski definition) is 5. The standard InChI is InChI=1S/C16H24N4O3S/c1-17-15(18-11-16(22)4-10-24-12-16)20-7-5-19(6-8-20)14(21)13-3-2-9-23-13/h2-3,9,22H,4-8,10-12H2,1H3,(H,17,18). The molecule has 1 atom stereocenters. The molecule has 24 heavy (non-hydrogen) atoms.